The monoisotopic (exact) mass is 316 g/mol. The van der Waals surface area contributed by atoms with Crippen LogP contribution >= 0.6 is 0 Å². The van der Waals surface area contributed by atoms with Crippen molar-refractivity contribution in [1.82, 2.24) is 15.0 Å². The number of phenols is 1. The number of rotatable bonds is 3. The number of aromatic hydroxyl groups is 1. The van der Waals surface area contributed by atoms with Gasteiger partial charge in [-0.25, -0.2) is 0 Å². The van der Waals surface area contributed by atoms with Gasteiger partial charge in [0.05, 0.1) is 6.54 Å². The van der Waals surface area contributed by atoms with Gasteiger partial charge in [0.25, 0.3) is 0 Å². The molecule has 2 aromatic rings. The molecule has 1 saturated heterocycles. The van der Waals surface area contributed by atoms with Gasteiger partial charge in [0, 0.05) is 37.3 Å². The van der Waals surface area contributed by atoms with Gasteiger partial charge in [0.1, 0.15) is 5.75 Å². The molecule has 1 aromatic heterocycles. The van der Waals surface area contributed by atoms with Gasteiger partial charge in [0.2, 0.25) is 5.89 Å². The van der Waals surface area contributed by atoms with Crippen LogP contribution in [0.3, 0.4) is 0 Å². The number of hydrogen-bond acceptors (Lipinski definition) is 6. The van der Waals surface area contributed by atoms with Gasteiger partial charge >= 0.3 is 0 Å². The molecule has 0 unspecified atom stereocenters. The van der Waals surface area contributed by atoms with Crippen LogP contribution in [0.5, 0.6) is 5.75 Å². The maximum atomic E-state index is 9.37. The number of nitrogens with zero attached hydrogens (tertiary/aromatic N) is 4. The average molecular weight is 316 g/mol. The van der Waals surface area contributed by atoms with E-state index in [9.17, 15) is 5.11 Å². The first-order chi connectivity index (χ1) is 10.9. The first kappa shape index (κ1) is 15.8. The molecule has 0 atom stereocenters. The molecule has 1 aliphatic heterocycles. The van der Waals surface area contributed by atoms with Gasteiger partial charge in [-0.05, 0) is 24.3 Å². The third-order valence-electron chi connectivity index (χ3n) is 4.08. The summed E-state index contributed by atoms with van der Waals surface area (Å²) in [4.78, 5) is 9.16. The Kier molecular flexibility index (Phi) is 4.26. The first-order valence-corrected chi connectivity index (χ1v) is 8.01. The Morgan fingerprint density at radius 3 is 2.30 bits per heavy atom. The Hall–Kier alpha value is -2.08. The third kappa shape index (κ3) is 3.82. The van der Waals surface area contributed by atoms with Crippen LogP contribution in [0.15, 0.2) is 28.8 Å². The number of benzene rings is 1. The first-order valence-electron chi connectivity index (χ1n) is 8.01. The summed E-state index contributed by atoms with van der Waals surface area (Å²) in [6.07, 6.45) is 0. The zero-order valence-corrected chi connectivity index (χ0v) is 14.0. The van der Waals surface area contributed by atoms with Crippen molar-refractivity contribution in [3.05, 3.63) is 36.0 Å². The minimum Gasteiger partial charge on any atom is -0.508 e. The van der Waals surface area contributed by atoms with Crippen molar-refractivity contribution in [2.45, 2.75) is 32.7 Å². The van der Waals surface area contributed by atoms with Gasteiger partial charge in [-0.1, -0.05) is 25.9 Å². The van der Waals surface area contributed by atoms with E-state index in [0.29, 0.717) is 18.2 Å². The molecular weight excluding hydrogens is 292 g/mol. The lowest BCUT2D eigenvalue weighted by atomic mass is 9.96. The van der Waals surface area contributed by atoms with E-state index in [2.05, 4.69) is 40.7 Å². The topological polar surface area (TPSA) is 65.6 Å². The van der Waals surface area contributed by atoms with Crippen LogP contribution in [0.25, 0.3) is 0 Å². The average Bonchev–Trinajstić information content (AvgIpc) is 2.98. The number of hydrogen-bond donors (Lipinski definition) is 1. The highest BCUT2D eigenvalue weighted by atomic mass is 16.5. The number of phenolic OH excluding ortho intramolecular Hbond substituents is 1. The number of piperazine rings is 1. The van der Waals surface area contributed by atoms with Gasteiger partial charge < -0.3 is 14.5 Å². The second kappa shape index (κ2) is 6.20. The summed E-state index contributed by atoms with van der Waals surface area (Å²) in [6, 6.07) is 7.37. The molecule has 0 aliphatic carbocycles. The fraction of sp³-hybridized carbons (Fsp3) is 0.529. The van der Waals surface area contributed by atoms with E-state index in [0.717, 1.165) is 37.7 Å². The van der Waals surface area contributed by atoms with E-state index in [-0.39, 0.29) is 5.41 Å². The fourth-order valence-corrected chi connectivity index (χ4v) is 2.64. The summed E-state index contributed by atoms with van der Waals surface area (Å²) < 4.78 is 5.37. The van der Waals surface area contributed by atoms with Crippen LogP contribution < -0.4 is 4.90 Å². The lowest BCUT2D eigenvalue weighted by Crippen LogP contribution is -2.46. The lowest BCUT2D eigenvalue weighted by Gasteiger charge is -2.35. The highest BCUT2D eigenvalue weighted by molar-refractivity contribution is 5.49. The number of aromatic nitrogens is 2. The van der Waals surface area contributed by atoms with Crippen molar-refractivity contribution in [3.63, 3.8) is 0 Å². The summed E-state index contributed by atoms with van der Waals surface area (Å²) in [5, 5.41) is 13.4. The van der Waals surface area contributed by atoms with E-state index in [1.54, 1.807) is 12.1 Å². The summed E-state index contributed by atoms with van der Waals surface area (Å²) in [5.41, 5.74) is 1.06. The molecule has 3 rings (SSSR count). The fourth-order valence-electron chi connectivity index (χ4n) is 2.64. The highest BCUT2D eigenvalue weighted by Crippen LogP contribution is 2.21. The number of anilines is 1. The van der Waals surface area contributed by atoms with Crippen molar-refractivity contribution >= 4 is 5.69 Å². The van der Waals surface area contributed by atoms with Crippen molar-refractivity contribution in [1.29, 1.82) is 0 Å². The largest absolute Gasteiger partial charge is 0.508 e. The SMILES string of the molecule is CC(C)(C)c1noc(CN2CCN(c3ccc(O)cc3)CC2)n1. The van der Waals surface area contributed by atoms with Crippen molar-refractivity contribution in [2.75, 3.05) is 31.1 Å². The maximum absolute atomic E-state index is 9.37. The Labute approximate surface area is 136 Å². The molecular formula is C17H24N4O2. The van der Waals surface area contributed by atoms with E-state index in [1.165, 1.54) is 0 Å². The minimum atomic E-state index is -0.0840. The van der Waals surface area contributed by atoms with E-state index in [4.69, 9.17) is 4.52 Å². The van der Waals surface area contributed by atoms with Crippen LogP contribution in [-0.2, 0) is 12.0 Å². The Balaban J connectivity index is 1.55. The maximum Gasteiger partial charge on any atom is 0.240 e. The quantitative estimate of drug-likeness (QED) is 0.938. The zero-order valence-electron chi connectivity index (χ0n) is 14.0. The van der Waals surface area contributed by atoms with Gasteiger partial charge in [-0.3, -0.25) is 4.90 Å². The molecule has 1 aromatic carbocycles. The summed E-state index contributed by atoms with van der Waals surface area (Å²) >= 11 is 0. The highest BCUT2D eigenvalue weighted by Gasteiger charge is 2.23. The second-order valence-electron chi connectivity index (χ2n) is 7.04. The van der Waals surface area contributed by atoms with Crippen molar-refractivity contribution in [3.8, 4) is 5.75 Å². The molecule has 1 N–H and O–H groups in total. The summed E-state index contributed by atoms with van der Waals surface area (Å²) in [6.45, 7) is 10.7. The molecule has 0 radical (unpaired) electrons. The zero-order chi connectivity index (χ0) is 16.4. The van der Waals surface area contributed by atoms with Gasteiger partial charge in [-0.2, -0.15) is 4.98 Å². The minimum absolute atomic E-state index is 0.0840. The summed E-state index contributed by atoms with van der Waals surface area (Å²) in [7, 11) is 0. The predicted molar refractivity (Wildman–Crippen MR) is 88.6 cm³/mol. The third-order valence-corrected chi connectivity index (χ3v) is 4.08. The van der Waals surface area contributed by atoms with Crippen molar-refractivity contribution in [2.24, 2.45) is 0 Å². The van der Waals surface area contributed by atoms with Crippen LogP contribution in [-0.4, -0.2) is 46.3 Å². The Bertz CT molecular complexity index is 637. The molecule has 6 heteroatoms. The molecule has 6 nitrogen and oxygen atoms in total. The Morgan fingerprint density at radius 1 is 1.09 bits per heavy atom. The Morgan fingerprint density at radius 2 is 1.74 bits per heavy atom. The van der Waals surface area contributed by atoms with Crippen LogP contribution in [0.4, 0.5) is 5.69 Å². The molecule has 0 bridgehead atoms. The van der Waals surface area contributed by atoms with Crippen LogP contribution in [0.1, 0.15) is 32.5 Å². The molecule has 0 amide bonds. The second-order valence-corrected chi connectivity index (χ2v) is 7.04. The molecule has 2 heterocycles. The lowest BCUT2D eigenvalue weighted by molar-refractivity contribution is 0.215. The van der Waals surface area contributed by atoms with E-state index in [1.807, 2.05) is 12.1 Å². The molecule has 0 spiro atoms. The molecule has 1 fully saturated rings. The standard InChI is InChI=1S/C17H24N4O2/c1-17(2,3)16-18-15(23-19-16)12-20-8-10-21(11-9-20)13-4-6-14(22)7-5-13/h4-7,22H,8-12H2,1-3H3. The molecule has 23 heavy (non-hydrogen) atoms. The van der Waals surface area contributed by atoms with Gasteiger partial charge in [-0.15, -0.1) is 0 Å². The molecule has 124 valence electrons. The van der Waals surface area contributed by atoms with Crippen LogP contribution in [0.2, 0.25) is 0 Å². The predicted octanol–water partition coefficient (Wildman–Crippen LogP) is 2.39. The van der Waals surface area contributed by atoms with Crippen LogP contribution in [0, 0.1) is 0 Å². The van der Waals surface area contributed by atoms with Crippen molar-refractivity contribution < 1.29 is 9.63 Å². The van der Waals surface area contributed by atoms with Gasteiger partial charge in [0.15, 0.2) is 5.82 Å². The smallest absolute Gasteiger partial charge is 0.240 e. The molecule has 1 aliphatic rings. The molecule has 0 saturated carbocycles. The summed E-state index contributed by atoms with van der Waals surface area (Å²) in [5.74, 6) is 1.75. The van der Waals surface area contributed by atoms with E-state index < -0.39 is 0 Å². The van der Waals surface area contributed by atoms with E-state index >= 15 is 0 Å². The normalized spacial score (nSPS) is 16.7.